The summed E-state index contributed by atoms with van der Waals surface area (Å²) in [5, 5.41) is 0. The van der Waals surface area contributed by atoms with E-state index in [9.17, 15) is 0 Å². The molecule has 0 saturated carbocycles. The molecule has 0 amide bonds. The fourth-order valence-electron chi connectivity index (χ4n) is 1.98. The van der Waals surface area contributed by atoms with Crippen LogP contribution in [0.5, 0.6) is 0 Å². The first kappa shape index (κ1) is 10.1. The van der Waals surface area contributed by atoms with Crippen molar-refractivity contribution >= 4 is 11.0 Å². The molecule has 2 aromatic heterocycles. The predicted molar refractivity (Wildman–Crippen MR) is 65.8 cm³/mol. The highest BCUT2D eigenvalue weighted by atomic mass is 16.4. The minimum absolute atomic E-state index is 0.661. The molecule has 17 heavy (non-hydrogen) atoms. The molecule has 0 aliphatic carbocycles. The van der Waals surface area contributed by atoms with Gasteiger partial charge < -0.3 is 9.40 Å². The van der Waals surface area contributed by atoms with Crippen molar-refractivity contribution in [3.05, 3.63) is 35.3 Å². The normalized spacial score (nSPS) is 11.2. The molecular weight excluding hydrogens is 214 g/mol. The van der Waals surface area contributed by atoms with Gasteiger partial charge in [0, 0.05) is 6.92 Å². The Morgan fingerprint density at radius 2 is 1.94 bits per heavy atom. The molecule has 4 nitrogen and oxygen atoms in total. The number of hydrogen-bond acceptors (Lipinski definition) is 3. The average molecular weight is 227 g/mol. The van der Waals surface area contributed by atoms with E-state index in [1.807, 2.05) is 26.0 Å². The van der Waals surface area contributed by atoms with Crippen LogP contribution in [0.15, 0.2) is 22.6 Å². The third-order valence-corrected chi connectivity index (χ3v) is 2.76. The molecule has 0 aliphatic rings. The van der Waals surface area contributed by atoms with Gasteiger partial charge in [-0.1, -0.05) is 6.07 Å². The Balaban J connectivity index is 2.21. The Bertz CT molecular complexity index is 694. The summed E-state index contributed by atoms with van der Waals surface area (Å²) in [5.74, 6) is 2.12. The molecule has 0 radical (unpaired) electrons. The molecular formula is C13H13N3O. The van der Waals surface area contributed by atoms with Crippen molar-refractivity contribution in [2.24, 2.45) is 0 Å². The third kappa shape index (κ3) is 1.62. The number of nitrogens with one attached hydrogen (secondary N) is 1. The second-order valence-electron chi connectivity index (χ2n) is 4.25. The third-order valence-electron chi connectivity index (χ3n) is 2.76. The topological polar surface area (TPSA) is 54.7 Å². The maximum Gasteiger partial charge on any atom is 0.192 e. The van der Waals surface area contributed by atoms with Gasteiger partial charge in [-0.25, -0.2) is 9.97 Å². The lowest BCUT2D eigenvalue weighted by atomic mass is 10.2. The van der Waals surface area contributed by atoms with E-state index >= 15 is 0 Å². The standard InChI is InChI=1S/C13H13N3O/c1-7-4-5-10-11(6-7)16-13(15-10)12-8(2)14-9(3)17-12/h4-6H,1-3H3,(H,15,16). The molecule has 3 aromatic rings. The van der Waals surface area contributed by atoms with Crippen molar-refractivity contribution in [1.82, 2.24) is 15.0 Å². The van der Waals surface area contributed by atoms with Gasteiger partial charge in [0.15, 0.2) is 17.5 Å². The molecule has 0 unspecified atom stereocenters. The monoisotopic (exact) mass is 227 g/mol. The summed E-state index contributed by atoms with van der Waals surface area (Å²) in [7, 11) is 0. The summed E-state index contributed by atoms with van der Waals surface area (Å²) >= 11 is 0. The Labute approximate surface area is 98.7 Å². The highest BCUT2D eigenvalue weighted by Crippen LogP contribution is 2.24. The Morgan fingerprint density at radius 3 is 2.65 bits per heavy atom. The molecule has 0 atom stereocenters. The zero-order chi connectivity index (χ0) is 12.0. The zero-order valence-electron chi connectivity index (χ0n) is 10.0. The average Bonchev–Trinajstić information content (AvgIpc) is 2.80. The summed E-state index contributed by atoms with van der Waals surface area (Å²) in [5.41, 5.74) is 4.03. The van der Waals surface area contributed by atoms with Crippen molar-refractivity contribution in [1.29, 1.82) is 0 Å². The molecule has 0 saturated heterocycles. The lowest BCUT2D eigenvalue weighted by Gasteiger charge is -1.90. The van der Waals surface area contributed by atoms with Gasteiger partial charge >= 0.3 is 0 Å². The molecule has 2 heterocycles. The first-order chi connectivity index (χ1) is 8.13. The lowest BCUT2D eigenvalue weighted by Crippen LogP contribution is -1.80. The predicted octanol–water partition coefficient (Wildman–Crippen LogP) is 3.14. The number of nitrogens with zero attached hydrogens (tertiary/aromatic N) is 2. The summed E-state index contributed by atoms with van der Waals surface area (Å²) in [6.07, 6.45) is 0. The zero-order valence-corrected chi connectivity index (χ0v) is 10.0. The fourth-order valence-corrected chi connectivity index (χ4v) is 1.98. The maximum atomic E-state index is 5.56. The van der Waals surface area contributed by atoms with Gasteiger partial charge in [0.05, 0.1) is 16.7 Å². The summed E-state index contributed by atoms with van der Waals surface area (Å²) in [4.78, 5) is 12.0. The first-order valence-corrected chi connectivity index (χ1v) is 5.54. The number of aryl methyl sites for hydroxylation is 3. The van der Waals surface area contributed by atoms with E-state index in [-0.39, 0.29) is 0 Å². The van der Waals surface area contributed by atoms with Gasteiger partial charge in [-0.2, -0.15) is 0 Å². The number of hydrogen-bond donors (Lipinski definition) is 1. The molecule has 0 spiro atoms. The number of oxazole rings is 1. The highest BCUT2D eigenvalue weighted by Gasteiger charge is 2.13. The molecule has 3 rings (SSSR count). The van der Waals surface area contributed by atoms with E-state index < -0.39 is 0 Å². The number of rotatable bonds is 1. The molecule has 86 valence electrons. The number of aromatic nitrogens is 3. The lowest BCUT2D eigenvalue weighted by molar-refractivity contribution is 0.531. The van der Waals surface area contributed by atoms with Crippen molar-refractivity contribution < 1.29 is 4.42 Å². The van der Waals surface area contributed by atoms with Gasteiger partial charge in [-0.15, -0.1) is 0 Å². The Hall–Kier alpha value is -2.10. The van der Waals surface area contributed by atoms with Crippen LogP contribution in [-0.2, 0) is 0 Å². The largest absolute Gasteiger partial charge is 0.437 e. The van der Waals surface area contributed by atoms with Crippen LogP contribution >= 0.6 is 0 Å². The second kappa shape index (κ2) is 3.45. The van der Waals surface area contributed by atoms with Crippen molar-refractivity contribution in [3.8, 4) is 11.6 Å². The van der Waals surface area contributed by atoms with Gasteiger partial charge in [0.25, 0.3) is 0 Å². The van der Waals surface area contributed by atoms with E-state index in [1.165, 1.54) is 5.56 Å². The van der Waals surface area contributed by atoms with Gasteiger partial charge in [-0.3, -0.25) is 0 Å². The number of H-pyrrole nitrogens is 1. The van der Waals surface area contributed by atoms with Crippen LogP contribution in [0.1, 0.15) is 17.1 Å². The number of aromatic amines is 1. The molecule has 1 N–H and O–H groups in total. The van der Waals surface area contributed by atoms with E-state index in [2.05, 4.69) is 27.9 Å². The summed E-state index contributed by atoms with van der Waals surface area (Å²) in [6.45, 7) is 5.82. The first-order valence-electron chi connectivity index (χ1n) is 5.54. The molecule has 0 fully saturated rings. The van der Waals surface area contributed by atoms with Gasteiger partial charge in [0.2, 0.25) is 0 Å². The van der Waals surface area contributed by atoms with Gasteiger partial charge in [0.1, 0.15) is 0 Å². The molecule has 0 aliphatic heterocycles. The van der Waals surface area contributed by atoms with Gasteiger partial charge in [-0.05, 0) is 31.5 Å². The van der Waals surface area contributed by atoms with E-state index in [0.717, 1.165) is 28.3 Å². The van der Waals surface area contributed by atoms with Crippen molar-refractivity contribution in [3.63, 3.8) is 0 Å². The van der Waals surface area contributed by atoms with Crippen LogP contribution in [0.4, 0.5) is 0 Å². The van der Waals surface area contributed by atoms with Crippen molar-refractivity contribution in [2.75, 3.05) is 0 Å². The highest BCUT2D eigenvalue weighted by molar-refractivity contribution is 5.79. The SMILES string of the molecule is Cc1ccc2nc(-c3oc(C)nc3C)[nH]c2c1. The van der Waals surface area contributed by atoms with Crippen LogP contribution in [0.3, 0.4) is 0 Å². The molecule has 1 aromatic carbocycles. The molecule has 4 heteroatoms. The number of imidazole rings is 1. The van der Waals surface area contributed by atoms with E-state index in [0.29, 0.717) is 5.89 Å². The van der Waals surface area contributed by atoms with E-state index in [1.54, 1.807) is 0 Å². The fraction of sp³-hybridized carbons (Fsp3) is 0.231. The summed E-state index contributed by atoms with van der Waals surface area (Å²) < 4.78 is 5.56. The second-order valence-corrected chi connectivity index (χ2v) is 4.25. The van der Waals surface area contributed by atoms with Crippen LogP contribution in [0.2, 0.25) is 0 Å². The smallest absolute Gasteiger partial charge is 0.192 e. The van der Waals surface area contributed by atoms with E-state index in [4.69, 9.17) is 4.42 Å². The Morgan fingerprint density at radius 1 is 1.12 bits per heavy atom. The van der Waals surface area contributed by atoms with Crippen LogP contribution in [-0.4, -0.2) is 15.0 Å². The minimum atomic E-state index is 0.661. The van der Waals surface area contributed by atoms with Crippen LogP contribution < -0.4 is 0 Å². The van der Waals surface area contributed by atoms with Crippen LogP contribution in [0, 0.1) is 20.8 Å². The Kier molecular flexibility index (Phi) is 2.04. The number of benzene rings is 1. The summed E-state index contributed by atoms with van der Waals surface area (Å²) in [6, 6.07) is 6.12. The number of fused-ring (bicyclic) bond motifs is 1. The maximum absolute atomic E-state index is 5.56. The molecule has 0 bridgehead atoms. The van der Waals surface area contributed by atoms with Crippen LogP contribution in [0.25, 0.3) is 22.6 Å². The minimum Gasteiger partial charge on any atom is -0.437 e. The van der Waals surface area contributed by atoms with Crippen molar-refractivity contribution in [2.45, 2.75) is 20.8 Å². The quantitative estimate of drug-likeness (QED) is 0.694.